The Morgan fingerprint density at radius 3 is 2.76 bits per heavy atom. The van der Waals surface area contributed by atoms with E-state index in [1.165, 1.54) is 5.56 Å². The maximum atomic E-state index is 5.64. The van der Waals surface area contributed by atoms with Crippen LogP contribution in [0.3, 0.4) is 0 Å². The van der Waals surface area contributed by atoms with Gasteiger partial charge in [0.2, 0.25) is 0 Å². The van der Waals surface area contributed by atoms with Crippen LogP contribution in [0.5, 0.6) is 0 Å². The van der Waals surface area contributed by atoms with E-state index in [-0.39, 0.29) is 0 Å². The first kappa shape index (κ1) is 19.7. The van der Waals surface area contributed by atoms with Crippen molar-refractivity contribution in [2.75, 3.05) is 46.6 Å². The number of rotatable bonds is 11. The average molecular weight is 349 g/mol. The fourth-order valence-corrected chi connectivity index (χ4v) is 2.60. The largest absolute Gasteiger partial charge is 0.379 e. The number of benzene rings is 1. The first-order valence-electron chi connectivity index (χ1n) is 9.14. The fraction of sp³-hybridized carbons (Fsp3) is 0.632. The minimum Gasteiger partial charge on any atom is -0.379 e. The summed E-state index contributed by atoms with van der Waals surface area (Å²) in [7, 11) is 1.77. The first-order chi connectivity index (χ1) is 12.4. The molecule has 0 bridgehead atoms. The third-order valence-electron chi connectivity index (χ3n) is 3.96. The third kappa shape index (κ3) is 8.86. The normalized spacial score (nSPS) is 17.6. The van der Waals surface area contributed by atoms with Crippen LogP contribution >= 0.6 is 0 Å². The summed E-state index contributed by atoms with van der Waals surface area (Å²) >= 11 is 0. The van der Waals surface area contributed by atoms with Crippen molar-refractivity contribution >= 4 is 5.96 Å². The van der Waals surface area contributed by atoms with Gasteiger partial charge in [-0.25, -0.2) is 0 Å². The highest BCUT2D eigenvalue weighted by atomic mass is 16.5. The van der Waals surface area contributed by atoms with Crippen molar-refractivity contribution in [3.05, 3.63) is 35.9 Å². The van der Waals surface area contributed by atoms with Gasteiger partial charge in [0, 0.05) is 33.4 Å². The quantitative estimate of drug-likeness (QED) is 0.363. The summed E-state index contributed by atoms with van der Waals surface area (Å²) in [5.41, 5.74) is 1.19. The molecule has 6 heteroatoms. The van der Waals surface area contributed by atoms with Gasteiger partial charge >= 0.3 is 0 Å². The van der Waals surface area contributed by atoms with Crippen LogP contribution in [0, 0.1) is 0 Å². The summed E-state index contributed by atoms with van der Waals surface area (Å²) in [6.07, 6.45) is 3.53. The molecular formula is C19H31N3O3. The standard InChI is InChI=1S/C19H31N3O3/c1-20-19(21-10-6-12-23-16-18-9-5-13-25-18)22-11-14-24-15-17-7-3-2-4-8-17/h2-4,7-8,18H,5-6,9-16H2,1H3,(H2,20,21,22). The number of hydrogen-bond acceptors (Lipinski definition) is 4. The Morgan fingerprint density at radius 2 is 2.00 bits per heavy atom. The number of aliphatic imine (C=N–C) groups is 1. The Labute approximate surface area is 151 Å². The summed E-state index contributed by atoms with van der Waals surface area (Å²) in [5, 5.41) is 6.52. The van der Waals surface area contributed by atoms with Crippen molar-refractivity contribution < 1.29 is 14.2 Å². The second kappa shape index (κ2) is 12.7. The highest BCUT2D eigenvalue weighted by Gasteiger charge is 2.14. The first-order valence-corrected chi connectivity index (χ1v) is 9.14. The molecule has 0 spiro atoms. The SMILES string of the molecule is CN=C(NCCCOCC1CCCO1)NCCOCc1ccccc1. The monoisotopic (exact) mass is 349 g/mol. The van der Waals surface area contributed by atoms with E-state index in [0.717, 1.165) is 51.5 Å². The lowest BCUT2D eigenvalue weighted by Gasteiger charge is -2.13. The number of nitrogens with one attached hydrogen (secondary N) is 2. The summed E-state index contributed by atoms with van der Waals surface area (Å²) in [6, 6.07) is 10.2. The van der Waals surface area contributed by atoms with E-state index in [2.05, 4.69) is 27.8 Å². The maximum Gasteiger partial charge on any atom is 0.191 e. The molecule has 0 radical (unpaired) electrons. The van der Waals surface area contributed by atoms with Crippen LogP contribution in [-0.4, -0.2) is 58.6 Å². The van der Waals surface area contributed by atoms with Gasteiger partial charge in [-0.3, -0.25) is 4.99 Å². The molecule has 1 fully saturated rings. The predicted octanol–water partition coefficient (Wildman–Crippen LogP) is 1.95. The summed E-state index contributed by atoms with van der Waals surface area (Å²) < 4.78 is 16.8. The Bertz CT molecular complexity index is 476. The molecule has 1 heterocycles. The summed E-state index contributed by atoms with van der Waals surface area (Å²) in [5.74, 6) is 0.794. The zero-order chi connectivity index (χ0) is 17.6. The van der Waals surface area contributed by atoms with E-state index in [1.54, 1.807) is 7.05 Å². The smallest absolute Gasteiger partial charge is 0.191 e. The fourth-order valence-electron chi connectivity index (χ4n) is 2.60. The molecule has 1 aromatic carbocycles. The van der Waals surface area contributed by atoms with Crippen LogP contribution in [0.2, 0.25) is 0 Å². The molecule has 25 heavy (non-hydrogen) atoms. The highest BCUT2D eigenvalue weighted by Crippen LogP contribution is 2.11. The van der Waals surface area contributed by atoms with Gasteiger partial charge in [-0.15, -0.1) is 0 Å². The van der Waals surface area contributed by atoms with Crippen LogP contribution < -0.4 is 10.6 Å². The molecule has 1 aromatic rings. The number of guanidine groups is 1. The Kier molecular flexibility index (Phi) is 10.00. The van der Waals surface area contributed by atoms with Crippen molar-refractivity contribution in [3.63, 3.8) is 0 Å². The minimum absolute atomic E-state index is 0.304. The van der Waals surface area contributed by atoms with E-state index >= 15 is 0 Å². The number of ether oxygens (including phenoxy) is 3. The summed E-state index contributed by atoms with van der Waals surface area (Å²) in [4.78, 5) is 4.20. The zero-order valence-electron chi connectivity index (χ0n) is 15.2. The van der Waals surface area contributed by atoms with E-state index < -0.39 is 0 Å². The predicted molar refractivity (Wildman–Crippen MR) is 99.9 cm³/mol. The second-order valence-electron chi connectivity index (χ2n) is 6.03. The molecule has 1 saturated heterocycles. The molecule has 0 aliphatic carbocycles. The highest BCUT2D eigenvalue weighted by molar-refractivity contribution is 5.79. The van der Waals surface area contributed by atoms with Crippen molar-refractivity contribution in [1.82, 2.24) is 10.6 Å². The van der Waals surface area contributed by atoms with Gasteiger partial charge in [0.25, 0.3) is 0 Å². The van der Waals surface area contributed by atoms with Gasteiger partial charge in [-0.05, 0) is 24.8 Å². The van der Waals surface area contributed by atoms with Crippen molar-refractivity contribution in [2.45, 2.75) is 32.0 Å². The Morgan fingerprint density at radius 1 is 1.16 bits per heavy atom. The number of hydrogen-bond donors (Lipinski definition) is 2. The molecule has 6 nitrogen and oxygen atoms in total. The lowest BCUT2D eigenvalue weighted by Crippen LogP contribution is -2.39. The number of nitrogens with zero attached hydrogens (tertiary/aromatic N) is 1. The maximum absolute atomic E-state index is 5.64. The van der Waals surface area contributed by atoms with Crippen LogP contribution in [0.15, 0.2) is 35.3 Å². The molecule has 1 aliphatic rings. The van der Waals surface area contributed by atoms with Gasteiger partial charge < -0.3 is 24.8 Å². The molecule has 1 aliphatic heterocycles. The van der Waals surface area contributed by atoms with Crippen LogP contribution in [0.25, 0.3) is 0 Å². The minimum atomic E-state index is 0.304. The van der Waals surface area contributed by atoms with Crippen LogP contribution in [-0.2, 0) is 20.8 Å². The van der Waals surface area contributed by atoms with Crippen molar-refractivity contribution in [1.29, 1.82) is 0 Å². The van der Waals surface area contributed by atoms with Gasteiger partial charge in [-0.2, -0.15) is 0 Å². The van der Waals surface area contributed by atoms with Crippen LogP contribution in [0.1, 0.15) is 24.8 Å². The molecule has 1 atom stereocenters. The third-order valence-corrected chi connectivity index (χ3v) is 3.96. The lowest BCUT2D eigenvalue weighted by molar-refractivity contribution is 0.0168. The van der Waals surface area contributed by atoms with E-state index in [1.807, 2.05) is 18.2 Å². The lowest BCUT2D eigenvalue weighted by atomic mass is 10.2. The second-order valence-corrected chi connectivity index (χ2v) is 6.03. The molecule has 0 amide bonds. The van der Waals surface area contributed by atoms with E-state index in [4.69, 9.17) is 14.2 Å². The van der Waals surface area contributed by atoms with Crippen molar-refractivity contribution in [2.24, 2.45) is 4.99 Å². The van der Waals surface area contributed by atoms with E-state index in [9.17, 15) is 0 Å². The molecule has 1 unspecified atom stereocenters. The molecule has 140 valence electrons. The molecular weight excluding hydrogens is 318 g/mol. The van der Waals surface area contributed by atoms with Gasteiger partial charge in [0.05, 0.1) is 25.9 Å². The van der Waals surface area contributed by atoms with Crippen LogP contribution in [0.4, 0.5) is 0 Å². The molecule has 2 rings (SSSR count). The van der Waals surface area contributed by atoms with Gasteiger partial charge in [-0.1, -0.05) is 30.3 Å². The molecule has 2 N–H and O–H groups in total. The topological polar surface area (TPSA) is 64.1 Å². The summed E-state index contributed by atoms with van der Waals surface area (Å²) in [6.45, 7) is 5.16. The van der Waals surface area contributed by atoms with Gasteiger partial charge in [0.1, 0.15) is 0 Å². The zero-order valence-corrected chi connectivity index (χ0v) is 15.2. The average Bonchev–Trinajstić information content (AvgIpc) is 3.17. The Hall–Kier alpha value is -1.63. The Balaban J connectivity index is 1.42. The molecule has 0 saturated carbocycles. The van der Waals surface area contributed by atoms with Crippen molar-refractivity contribution in [3.8, 4) is 0 Å². The molecule has 0 aromatic heterocycles. The van der Waals surface area contributed by atoms with E-state index in [0.29, 0.717) is 25.9 Å². The van der Waals surface area contributed by atoms with Gasteiger partial charge in [0.15, 0.2) is 5.96 Å².